The van der Waals surface area contributed by atoms with E-state index in [-0.39, 0.29) is 30.9 Å². The summed E-state index contributed by atoms with van der Waals surface area (Å²) < 4.78 is 48.0. The molecule has 56 heavy (non-hydrogen) atoms. The van der Waals surface area contributed by atoms with Crippen molar-refractivity contribution in [2.24, 2.45) is 23.5 Å². The number of esters is 1. The number of aliphatic hydroxyl groups is 1. The molecular weight excluding hydrogens is 723 g/mol. The number of alkyl halides is 1. The summed E-state index contributed by atoms with van der Waals surface area (Å²) in [5.74, 6) is -4.55. The van der Waals surface area contributed by atoms with Gasteiger partial charge in [-0.05, 0) is 91.3 Å². The molecule has 0 radical (unpaired) electrons. The molecule has 3 N–H and O–H groups in total. The largest absolute Gasteiger partial charge is 0.455 e. The number of carbonyl (C=O) groups is 3. The number of hydrogen-bond donors (Lipinski definition) is 2. The Balaban J connectivity index is 1.79. The lowest BCUT2D eigenvalue weighted by atomic mass is 9.72. The highest BCUT2D eigenvalue weighted by Crippen LogP contribution is 2.44. The molecule has 0 spiro atoms. The molecule has 13 nitrogen and oxygen atoms in total. The topological polar surface area (TPSA) is 153 Å². The minimum absolute atomic E-state index is 0.160. The van der Waals surface area contributed by atoms with Gasteiger partial charge in [-0.3, -0.25) is 4.79 Å². The Hall–Kier alpha value is -2.72. The molecule has 0 saturated carbocycles. The van der Waals surface area contributed by atoms with Crippen molar-refractivity contribution in [3.05, 3.63) is 35.9 Å². The van der Waals surface area contributed by atoms with Crippen molar-refractivity contribution in [2.75, 3.05) is 34.3 Å². The van der Waals surface area contributed by atoms with Crippen LogP contribution in [0.5, 0.6) is 0 Å². The average Bonchev–Trinajstić information content (AvgIpc) is 3.43. The summed E-state index contributed by atoms with van der Waals surface area (Å²) in [6.07, 6.45) is -3.09. The van der Waals surface area contributed by atoms with Crippen molar-refractivity contribution in [3.63, 3.8) is 0 Å². The first-order valence-corrected chi connectivity index (χ1v) is 20.4. The third-order valence-electron chi connectivity index (χ3n) is 12.8. The Bertz CT molecular complexity index is 1490. The number of carbonyl (C=O) groups excluding carboxylic acids is 3. The smallest absolute Gasteiger partial charge is 0.425 e. The average molecular weight is 793 g/mol. The van der Waals surface area contributed by atoms with Crippen LogP contribution >= 0.6 is 0 Å². The van der Waals surface area contributed by atoms with Crippen LogP contribution in [0.4, 0.5) is 9.18 Å². The van der Waals surface area contributed by atoms with Crippen molar-refractivity contribution >= 4 is 17.8 Å². The van der Waals surface area contributed by atoms with Gasteiger partial charge in [0.2, 0.25) is 0 Å². The van der Waals surface area contributed by atoms with Crippen LogP contribution in [0, 0.1) is 17.8 Å². The molecule has 3 saturated heterocycles. The number of nitrogens with two attached hydrogens (primary N) is 1. The van der Waals surface area contributed by atoms with Crippen LogP contribution in [-0.4, -0.2) is 138 Å². The second-order valence-electron chi connectivity index (χ2n) is 17.2. The van der Waals surface area contributed by atoms with Crippen LogP contribution in [-0.2, 0) is 39.7 Å². The van der Waals surface area contributed by atoms with Gasteiger partial charge in [-0.15, -0.1) is 0 Å². The number of rotatable bonds is 11. The molecule has 1 amide bonds. The van der Waals surface area contributed by atoms with E-state index >= 15 is 4.39 Å². The highest BCUT2D eigenvalue weighted by molar-refractivity contribution is 6.07. The number of ether oxygens (including phenoxy) is 5. The maximum absolute atomic E-state index is 16.9. The van der Waals surface area contributed by atoms with E-state index in [4.69, 9.17) is 29.4 Å². The number of aryl methyl sites for hydroxylation is 1. The SMILES string of the molecule is CC[C@@H]1OC(=O)C(C)(F)C(=O)[C@H](C)[C@@H](O[C@@H]2O[C@H](C)C[C@H](N(C)C)[C@H]2O)[C@@](C)(OC)C[C@@H](C)C(N)[C@@H](C)[C@H]2N(N(CC)CCCc3ccccc3)C(=O)O[C@]12C. The fourth-order valence-electron chi connectivity index (χ4n) is 9.39. The normalized spacial score (nSPS) is 40.3. The Morgan fingerprint density at radius 2 is 1.70 bits per heavy atom. The van der Waals surface area contributed by atoms with Gasteiger partial charge >= 0.3 is 12.1 Å². The predicted octanol–water partition coefficient (Wildman–Crippen LogP) is 4.91. The van der Waals surface area contributed by atoms with Gasteiger partial charge in [0.1, 0.15) is 12.2 Å². The molecule has 3 aliphatic rings. The summed E-state index contributed by atoms with van der Waals surface area (Å²) in [6.45, 7) is 16.4. The maximum Gasteiger partial charge on any atom is 0.425 e. The van der Waals surface area contributed by atoms with Crippen molar-refractivity contribution in [1.82, 2.24) is 14.9 Å². The number of fused-ring (bicyclic) bond motifs is 1. The van der Waals surface area contributed by atoms with E-state index in [9.17, 15) is 19.5 Å². The summed E-state index contributed by atoms with van der Waals surface area (Å²) in [7, 11) is 5.18. The number of ketones is 1. The van der Waals surface area contributed by atoms with Gasteiger partial charge in [0.25, 0.3) is 5.67 Å². The summed E-state index contributed by atoms with van der Waals surface area (Å²) in [5, 5.41) is 15.0. The Morgan fingerprint density at radius 1 is 1.05 bits per heavy atom. The zero-order valence-corrected chi connectivity index (χ0v) is 35.7. The summed E-state index contributed by atoms with van der Waals surface area (Å²) in [4.78, 5) is 44.3. The first-order chi connectivity index (χ1) is 26.2. The number of benzene rings is 1. The van der Waals surface area contributed by atoms with Gasteiger partial charge in [-0.2, -0.15) is 0 Å². The third-order valence-corrected chi connectivity index (χ3v) is 12.8. The quantitative estimate of drug-likeness (QED) is 0.231. The number of likely N-dealkylation sites (N-methyl/N-ethyl adjacent to an activating group) is 1. The monoisotopic (exact) mass is 793 g/mol. The van der Waals surface area contributed by atoms with Gasteiger partial charge < -0.3 is 39.4 Å². The number of amides is 1. The van der Waals surface area contributed by atoms with Gasteiger partial charge in [0, 0.05) is 38.2 Å². The Labute approximate surface area is 333 Å². The lowest BCUT2D eigenvalue weighted by Gasteiger charge is -2.48. The van der Waals surface area contributed by atoms with Crippen LogP contribution < -0.4 is 5.73 Å². The number of nitrogens with zero attached hydrogens (tertiary/aromatic N) is 3. The van der Waals surface area contributed by atoms with E-state index in [2.05, 4.69) is 12.1 Å². The molecule has 318 valence electrons. The summed E-state index contributed by atoms with van der Waals surface area (Å²) in [6, 6.07) is 8.44. The molecule has 4 rings (SSSR count). The maximum atomic E-state index is 16.9. The molecule has 3 fully saturated rings. The number of Topliss-reactive ketones (excluding diaryl/α,β-unsaturated/α-hetero) is 1. The molecule has 0 bridgehead atoms. The van der Waals surface area contributed by atoms with E-state index in [1.54, 1.807) is 25.8 Å². The highest BCUT2D eigenvalue weighted by atomic mass is 19.1. The van der Waals surface area contributed by atoms with E-state index in [1.165, 1.54) is 19.6 Å². The van der Waals surface area contributed by atoms with Crippen LogP contribution in [0.1, 0.15) is 93.6 Å². The molecule has 0 aromatic heterocycles. The number of methoxy groups -OCH3 is 1. The number of hydrazine groups is 1. The second-order valence-corrected chi connectivity index (χ2v) is 17.2. The van der Waals surface area contributed by atoms with Crippen LogP contribution in [0.3, 0.4) is 0 Å². The van der Waals surface area contributed by atoms with Gasteiger partial charge in [0.15, 0.2) is 17.7 Å². The molecule has 0 aliphatic carbocycles. The van der Waals surface area contributed by atoms with Gasteiger partial charge in [0.05, 0.1) is 23.9 Å². The zero-order valence-electron chi connectivity index (χ0n) is 35.7. The van der Waals surface area contributed by atoms with E-state index in [1.807, 2.05) is 69.9 Å². The lowest BCUT2D eigenvalue weighted by Crippen LogP contribution is -2.64. The molecule has 1 aromatic rings. The van der Waals surface area contributed by atoms with Crippen molar-refractivity contribution in [2.45, 2.75) is 160 Å². The molecule has 2 unspecified atom stereocenters. The summed E-state index contributed by atoms with van der Waals surface area (Å²) in [5.41, 5.74) is 2.48. The van der Waals surface area contributed by atoms with Crippen LogP contribution in [0.25, 0.3) is 0 Å². The number of hydrogen-bond acceptors (Lipinski definition) is 12. The van der Waals surface area contributed by atoms with Gasteiger partial charge in [-0.25, -0.2) is 24.0 Å². The zero-order chi connectivity index (χ0) is 41.9. The third kappa shape index (κ3) is 9.27. The molecule has 14 atom stereocenters. The van der Waals surface area contributed by atoms with Crippen molar-refractivity contribution in [3.8, 4) is 0 Å². The number of cyclic esters (lactones) is 1. The fraction of sp³-hybridized carbons (Fsp3) is 0.786. The fourth-order valence-corrected chi connectivity index (χ4v) is 9.39. The van der Waals surface area contributed by atoms with Crippen molar-refractivity contribution < 1.29 is 47.6 Å². The Morgan fingerprint density at radius 3 is 2.27 bits per heavy atom. The predicted molar refractivity (Wildman–Crippen MR) is 210 cm³/mol. The molecular formula is C42H69FN4O9. The Kier molecular flexibility index (Phi) is 15.2. The van der Waals surface area contributed by atoms with E-state index in [0.29, 0.717) is 19.5 Å². The summed E-state index contributed by atoms with van der Waals surface area (Å²) >= 11 is 0. The molecule has 14 heteroatoms. The van der Waals surface area contributed by atoms with Crippen LogP contribution in [0.2, 0.25) is 0 Å². The minimum atomic E-state index is -3.13. The number of halogens is 1. The second kappa shape index (κ2) is 18.5. The highest BCUT2D eigenvalue weighted by Gasteiger charge is 2.62. The van der Waals surface area contributed by atoms with Crippen molar-refractivity contribution in [1.29, 1.82) is 0 Å². The molecule has 3 aliphatic heterocycles. The molecule has 1 aromatic carbocycles. The first-order valence-electron chi connectivity index (χ1n) is 20.4. The van der Waals surface area contributed by atoms with Crippen LogP contribution in [0.15, 0.2) is 30.3 Å². The standard InChI is InChI=1S/C42H69FN4O9/c1-13-31-42(9)34(47(39(51)56-42)46(14-2)22-18-21-29-19-16-15-17-20-29)27(5)32(44)25(3)24-40(7,52-12)36(28(6)35(49)41(8,43)38(50)54-31)55-37-33(48)30(45(10)11)23-26(4)53-37/h15-17,19-20,25-28,30-34,36-37,48H,13-14,18,21-24,44H2,1-12H3/t25-,26-,27-,28+,30+,31+,32?,33-,34-,36-,37+,40+,41?,42-/m1/s1. The van der Waals surface area contributed by atoms with E-state index < -0.39 is 83.2 Å². The first kappa shape index (κ1) is 46.0. The number of aliphatic hydroxyl groups excluding tert-OH is 1. The minimum Gasteiger partial charge on any atom is -0.455 e. The lowest BCUT2D eigenvalue weighted by molar-refractivity contribution is -0.296. The van der Waals surface area contributed by atoms with E-state index in [0.717, 1.165) is 19.8 Å². The van der Waals surface area contributed by atoms with Gasteiger partial charge in [-0.1, -0.05) is 65.0 Å². The molecule has 3 heterocycles.